The van der Waals surface area contributed by atoms with Crippen LogP contribution in [0.15, 0.2) is 61.3 Å². The van der Waals surface area contributed by atoms with E-state index >= 15 is 0 Å². The maximum atomic E-state index is 14.3. The summed E-state index contributed by atoms with van der Waals surface area (Å²) in [4.78, 5) is 49.0. The third-order valence-electron chi connectivity index (χ3n) is 10.7. The van der Waals surface area contributed by atoms with E-state index in [9.17, 15) is 20.0 Å². The van der Waals surface area contributed by atoms with Gasteiger partial charge in [0.05, 0.1) is 31.7 Å². The number of para-hydroxylation sites is 1. The molecule has 0 unspecified atom stereocenters. The normalized spacial score (nSPS) is 19.5. The van der Waals surface area contributed by atoms with Crippen LogP contribution in [-0.4, -0.2) is 123 Å². The van der Waals surface area contributed by atoms with Gasteiger partial charge < -0.3 is 24.8 Å². The van der Waals surface area contributed by atoms with Gasteiger partial charge in [-0.3, -0.25) is 24.6 Å². The number of aromatic nitrogens is 3. The number of piperidine rings is 2. The molecule has 4 aromatic rings. The topological polar surface area (TPSA) is 149 Å². The van der Waals surface area contributed by atoms with Gasteiger partial charge in [0.1, 0.15) is 11.8 Å². The Morgan fingerprint density at radius 1 is 1.02 bits per heavy atom. The van der Waals surface area contributed by atoms with E-state index < -0.39 is 6.04 Å². The third-order valence-corrected chi connectivity index (χ3v) is 11.9. The summed E-state index contributed by atoms with van der Waals surface area (Å²) in [5.41, 5.74) is 3.02. The second kappa shape index (κ2) is 15.3. The van der Waals surface area contributed by atoms with Crippen LogP contribution in [0.25, 0.3) is 21.9 Å². The van der Waals surface area contributed by atoms with Crippen molar-refractivity contribution in [1.29, 1.82) is 5.26 Å². The number of H-pyrrole nitrogens is 1. The van der Waals surface area contributed by atoms with E-state index in [0.717, 1.165) is 66.5 Å². The molecule has 3 saturated heterocycles. The van der Waals surface area contributed by atoms with Crippen molar-refractivity contribution in [3.8, 4) is 11.9 Å². The van der Waals surface area contributed by atoms with Crippen molar-refractivity contribution in [2.75, 3.05) is 59.4 Å². The molecule has 3 aliphatic heterocycles. The highest BCUT2D eigenvalue weighted by molar-refractivity contribution is 9.11. The molecule has 15 heteroatoms. The van der Waals surface area contributed by atoms with Gasteiger partial charge in [-0.15, -0.1) is 0 Å². The molecule has 268 valence electrons. The molecule has 1 amide bonds. The van der Waals surface area contributed by atoms with Gasteiger partial charge in [0.25, 0.3) is 0 Å². The number of carbonyl (C=O) groups excluding carboxylic acids is 1. The summed E-state index contributed by atoms with van der Waals surface area (Å²) >= 11 is 6.85. The number of amides is 1. The van der Waals surface area contributed by atoms with Crippen LogP contribution in [0, 0.1) is 11.5 Å². The van der Waals surface area contributed by atoms with Crippen molar-refractivity contribution in [2.24, 2.45) is 4.99 Å². The number of aromatic amines is 1. The molecule has 0 bridgehead atoms. The number of hydrogen-bond donors (Lipinski definition) is 3. The molecule has 0 aliphatic carbocycles. The molecule has 13 nitrogen and oxygen atoms in total. The van der Waals surface area contributed by atoms with Gasteiger partial charge in [-0.05, 0) is 101 Å². The highest BCUT2D eigenvalue weighted by Crippen LogP contribution is 2.34. The Bertz CT molecular complexity index is 2010. The van der Waals surface area contributed by atoms with Crippen molar-refractivity contribution in [3.63, 3.8) is 0 Å². The summed E-state index contributed by atoms with van der Waals surface area (Å²) in [5.74, 6) is 0.341. The second-order valence-electron chi connectivity index (χ2n) is 13.8. The fourth-order valence-electron chi connectivity index (χ4n) is 7.84. The average molecular weight is 823 g/mol. The predicted octanol–water partition coefficient (Wildman–Crippen LogP) is 4.02. The Balaban J connectivity index is 1.11. The van der Waals surface area contributed by atoms with Crippen molar-refractivity contribution in [1.82, 2.24) is 39.5 Å². The minimum atomic E-state index is -0.799. The summed E-state index contributed by atoms with van der Waals surface area (Å²) in [6.07, 6.45) is 7.65. The minimum Gasteiger partial charge on any atom is -0.506 e. The number of nitrogens with zero attached hydrogens (tertiary/aromatic N) is 8. The molecule has 1 atom stereocenters. The Morgan fingerprint density at radius 3 is 2.37 bits per heavy atom. The van der Waals surface area contributed by atoms with Crippen molar-refractivity contribution >= 4 is 65.7 Å². The lowest BCUT2D eigenvalue weighted by Gasteiger charge is -2.42. The van der Waals surface area contributed by atoms with Crippen LogP contribution in [0.3, 0.4) is 0 Å². The molecule has 0 radical (unpaired) electrons. The number of halogens is 2. The minimum absolute atomic E-state index is 0.0706. The standard InChI is InChI=1S/C36H42Br2N10O3/c1-44-10-6-24(7-11-44)45-14-16-46(17-15-45)34(50)30(20-23-18-27(37)33(49)28(38)19-23)42-35(41-22-39)47-12-8-25(9-13-47)48-31-21-40-29-5-3-2-4-26(29)32(31)43-36(48)51/h2-5,18-19,21,24-25,30,49H,6-17,20H2,1H3,(H,41,42)(H,43,51)/t30-/m1/s1. The number of nitrogens with one attached hydrogen (secondary N) is 2. The first-order valence-corrected chi connectivity index (χ1v) is 19.1. The Labute approximate surface area is 313 Å². The molecule has 0 saturated carbocycles. The number of aromatic hydroxyl groups is 1. The van der Waals surface area contributed by atoms with Crippen LogP contribution >= 0.6 is 31.9 Å². The Morgan fingerprint density at radius 2 is 1.69 bits per heavy atom. The quantitative estimate of drug-likeness (QED) is 0.114. The van der Waals surface area contributed by atoms with Crippen molar-refractivity contribution < 1.29 is 9.90 Å². The number of benzene rings is 2. The number of fused-ring (bicyclic) bond motifs is 3. The summed E-state index contributed by atoms with van der Waals surface area (Å²) in [5, 5.41) is 23.8. The number of pyridine rings is 1. The number of phenols is 1. The predicted molar refractivity (Wildman–Crippen MR) is 204 cm³/mol. The van der Waals surface area contributed by atoms with E-state index in [1.54, 1.807) is 22.9 Å². The van der Waals surface area contributed by atoms with Gasteiger partial charge in [0.2, 0.25) is 11.9 Å². The fraction of sp³-hybridized carbons (Fsp3) is 0.472. The van der Waals surface area contributed by atoms with E-state index in [1.807, 2.05) is 40.3 Å². The van der Waals surface area contributed by atoms with E-state index in [4.69, 9.17) is 4.99 Å². The number of imidazole rings is 1. The largest absolute Gasteiger partial charge is 0.506 e. The molecule has 3 aliphatic rings. The van der Waals surface area contributed by atoms with E-state index in [2.05, 4.69) is 64.0 Å². The monoisotopic (exact) mass is 820 g/mol. The molecule has 3 N–H and O–H groups in total. The van der Waals surface area contributed by atoms with Crippen LogP contribution in [0.2, 0.25) is 0 Å². The fourth-order valence-corrected chi connectivity index (χ4v) is 9.12. The van der Waals surface area contributed by atoms with E-state index in [1.165, 1.54) is 0 Å². The molecule has 7 rings (SSSR count). The third kappa shape index (κ3) is 7.51. The number of phenolic OH excluding ortho intramolecular Hbond substituents is 1. The zero-order valence-corrected chi connectivity index (χ0v) is 31.7. The number of aliphatic imine (C=N–C) groups is 1. The lowest BCUT2D eigenvalue weighted by Crippen LogP contribution is -2.56. The number of guanidine groups is 1. The van der Waals surface area contributed by atoms with Gasteiger partial charge in [-0.25, -0.2) is 9.79 Å². The molecular weight excluding hydrogens is 780 g/mol. The van der Waals surface area contributed by atoms with Crippen LogP contribution < -0.4 is 11.0 Å². The van der Waals surface area contributed by atoms with Crippen LogP contribution in [0.1, 0.15) is 37.3 Å². The first-order chi connectivity index (χ1) is 24.7. The zero-order chi connectivity index (χ0) is 35.6. The number of rotatable bonds is 6. The number of piperazine rings is 1. The van der Waals surface area contributed by atoms with E-state index in [0.29, 0.717) is 60.0 Å². The van der Waals surface area contributed by atoms with Crippen molar-refractivity contribution in [3.05, 3.63) is 67.6 Å². The Hall–Kier alpha value is -3.97. The van der Waals surface area contributed by atoms with Gasteiger partial charge in [0, 0.05) is 63.2 Å². The van der Waals surface area contributed by atoms with Crippen LogP contribution in [0.4, 0.5) is 0 Å². The molecule has 3 fully saturated rings. The van der Waals surface area contributed by atoms with Gasteiger partial charge in [0.15, 0.2) is 6.19 Å². The number of carbonyl (C=O) groups is 1. The smallest absolute Gasteiger partial charge is 0.326 e. The second-order valence-corrected chi connectivity index (χ2v) is 15.5. The molecule has 51 heavy (non-hydrogen) atoms. The lowest BCUT2D eigenvalue weighted by atomic mass is 10.0. The molecule has 0 spiro atoms. The Kier molecular flexibility index (Phi) is 10.7. The summed E-state index contributed by atoms with van der Waals surface area (Å²) in [6, 6.07) is 11.0. The van der Waals surface area contributed by atoms with Crippen molar-refractivity contribution in [2.45, 2.75) is 50.2 Å². The SMILES string of the molecule is CN1CCC(N2CCN(C(=O)[C@@H](Cc3cc(Br)c(O)c(Br)c3)N=C(NC#N)N3CCC(n4c(=O)[nH]c5c6ccccc6ncc54)CC3)CC2)CC1. The molecular formula is C36H42Br2N10O3. The summed E-state index contributed by atoms with van der Waals surface area (Å²) in [6.45, 7) is 6.14. The summed E-state index contributed by atoms with van der Waals surface area (Å²) in [7, 11) is 2.17. The van der Waals surface area contributed by atoms with E-state index in [-0.39, 0.29) is 29.8 Å². The zero-order valence-electron chi connectivity index (χ0n) is 28.6. The van der Waals surface area contributed by atoms with Crippen LogP contribution in [-0.2, 0) is 11.2 Å². The molecule has 2 aromatic heterocycles. The maximum absolute atomic E-state index is 14.3. The highest BCUT2D eigenvalue weighted by Gasteiger charge is 2.33. The molecule has 2 aromatic carbocycles. The number of hydrogen-bond acceptors (Lipinski definition) is 8. The average Bonchev–Trinajstić information content (AvgIpc) is 3.49. The first kappa shape index (κ1) is 35.4. The number of nitriles is 1. The van der Waals surface area contributed by atoms with Gasteiger partial charge >= 0.3 is 5.69 Å². The lowest BCUT2D eigenvalue weighted by molar-refractivity contribution is -0.134. The highest BCUT2D eigenvalue weighted by atomic mass is 79.9. The maximum Gasteiger partial charge on any atom is 0.326 e. The summed E-state index contributed by atoms with van der Waals surface area (Å²) < 4.78 is 2.84. The van der Waals surface area contributed by atoms with Gasteiger partial charge in [-0.2, -0.15) is 5.26 Å². The van der Waals surface area contributed by atoms with Gasteiger partial charge in [-0.1, -0.05) is 18.2 Å². The first-order valence-electron chi connectivity index (χ1n) is 17.5. The van der Waals surface area contributed by atoms with Crippen LogP contribution in [0.5, 0.6) is 5.75 Å². The number of likely N-dealkylation sites (tertiary alicyclic amines) is 2. The molecule has 5 heterocycles.